The van der Waals surface area contributed by atoms with Gasteiger partial charge in [0.15, 0.2) is 0 Å². The minimum absolute atomic E-state index is 0.0441. The molecule has 0 atom stereocenters. The first-order valence-electron chi connectivity index (χ1n) is 7.38. The zero-order chi connectivity index (χ0) is 15.8. The summed E-state index contributed by atoms with van der Waals surface area (Å²) in [5, 5.41) is 2.94. The number of carbonyl (C=O) groups excluding carboxylic acids is 1. The van der Waals surface area contributed by atoms with Gasteiger partial charge in [0.1, 0.15) is 5.75 Å². The second-order valence-corrected chi connectivity index (χ2v) is 6.25. The molecule has 0 aromatic heterocycles. The van der Waals surface area contributed by atoms with Crippen molar-refractivity contribution < 1.29 is 9.53 Å². The Kier molecular flexibility index (Phi) is 6.34. The molecular formula is C18H21NO2S. The van der Waals surface area contributed by atoms with Gasteiger partial charge in [0.25, 0.3) is 5.91 Å². The molecule has 0 aliphatic heterocycles. The lowest BCUT2D eigenvalue weighted by molar-refractivity contribution is 0.0950. The van der Waals surface area contributed by atoms with Gasteiger partial charge in [-0.15, -0.1) is 11.8 Å². The molecule has 0 spiro atoms. The second kappa shape index (κ2) is 8.49. The molecular weight excluding hydrogens is 294 g/mol. The number of ether oxygens (including phenoxy) is 1. The summed E-state index contributed by atoms with van der Waals surface area (Å²) in [5.74, 6) is 1.37. The summed E-state index contributed by atoms with van der Waals surface area (Å²) in [6, 6.07) is 17.5. The van der Waals surface area contributed by atoms with E-state index in [1.807, 2.05) is 50.2 Å². The van der Waals surface area contributed by atoms with E-state index in [0.29, 0.717) is 17.9 Å². The fraction of sp³-hybridized carbons (Fsp3) is 0.278. The quantitative estimate of drug-likeness (QED) is 0.620. The molecule has 2 aromatic carbocycles. The van der Waals surface area contributed by atoms with Gasteiger partial charge in [0.2, 0.25) is 0 Å². The van der Waals surface area contributed by atoms with E-state index in [9.17, 15) is 4.79 Å². The molecule has 4 heteroatoms. The average Bonchev–Trinajstić information content (AvgIpc) is 2.52. The number of rotatable bonds is 7. The molecule has 0 saturated carbocycles. The number of benzene rings is 2. The van der Waals surface area contributed by atoms with Crippen molar-refractivity contribution in [1.82, 2.24) is 5.32 Å². The van der Waals surface area contributed by atoms with Crippen LogP contribution in [0, 0.1) is 0 Å². The molecule has 0 unspecified atom stereocenters. The topological polar surface area (TPSA) is 38.3 Å². The van der Waals surface area contributed by atoms with Crippen molar-refractivity contribution in [3.63, 3.8) is 0 Å². The van der Waals surface area contributed by atoms with E-state index < -0.39 is 0 Å². The first kappa shape index (κ1) is 16.4. The van der Waals surface area contributed by atoms with E-state index >= 15 is 0 Å². The summed E-state index contributed by atoms with van der Waals surface area (Å²) in [4.78, 5) is 13.5. The minimum Gasteiger partial charge on any atom is -0.490 e. The third-order valence-electron chi connectivity index (χ3n) is 2.89. The third-order valence-corrected chi connectivity index (χ3v) is 3.91. The van der Waals surface area contributed by atoms with Gasteiger partial charge in [0, 0.05) is 17.2 Å². The molecule has 0 bridgehead atoms. The second-order valence-electron chi connectivity index (χ2n) is 5.08. The standard InChI is InChI=1S/C18H21NO2S/c1-14(2)21-17-11-7-6-10-16(17)18(20)19-12-13-22-15-8-4-3-5-9-15/h3-11,14H,12-13H2,1-2H3,(H,19,20). The Morgan fingerprint density at radius 3 is 2.50 bits per heavy atom. The Morgan fingerprint density at radius 2 is 1.77 bits per heavy atom. The van der Waals surface area contributed by atoms with Gasteiger partial charge in [-0.1, -0.05) is 30.3 Å². The van der Waals surface area contributed by atoms with E-state index in [1.165, 1.54) is 4.90 Å². The van der Waals surface area contributed by atoms with Crippen LogP contribution in [0.3, 0.4) is 0 Å². The molecule has 0 aliphatic carbocycles. The molecule has 0 aliphatic rings. The molecule has 3 nitrogen and oxygen atoms in total. The van der Waals surface area contributed by atoms with Gasteiger partial charge in [-0.05, 0) is 38.1 Å². The molecule has 0 fully saturated rings. The van der Waals surface area contributed by atoms with Gasteiger partial charge in [-0.25, -0.2) is 0 Å². The van der Waals surface area contributed by atoms with Gasteiger partial charge < -0.3 is 10.1 Å². The largest absolute Gasteiger partial charge is 0.490 e. The van der Waals surface area contributed by atoms with Crippen molar-refractivity contribution in [1.29, 1.82) is 0 Å². The van der Waals surface area contributed by atoms with Crippen LogP contribution in [0.1, 0.15) is 24.2 Å². The molecule has 2 rings (SSSR count). The Bertz CT molecular complexity index is 599. The van der Waals surface area contributed by atoms with E-state index in [-0.39, 0.29) is 12.0 Å². The van der Waals surface area contributed by atoms with Crippen molar-refractivity contribution in [2.45, 2.75) is 24.8 Å². The van der Waals surface area contributed by atoms with Crippen LogP contribution in [0.5, 0.6) is 5.75 Å². The minimum atomic E-state index is -0.0927. The van der Waals surface area contributed by atoms with Gasteiger partial charge in [0.05, 0.1) is 11.7 Å². The number of amides is 1. The lowest BCUT2D eigenvalue weighted by Gasteiger charge is -2.14. The lowest BCUT2D eigenvalue weighted by atomic mass is 10.2. The SMILES string of the molecule is CC(C)Oc1ccccc1C(=O)NCCSc1ccccc1. The molecule has 0 radical (unpaired) electrons. The van der Waals surface area contributed by atoms with Gasteiger partial charge in [-0.3, -0.25) is 4.79 Å². The first-order valence-corrected chi connectivity index (χ1v) is 8.37. The average molecular weight is 315 g/mol. The van der Waals surface area contributed by atoms with E-state index in [4.69, 9.17) is 4.74 Å². The smallest absolute Gasteiger partial charge is 0.255 e. The Balaban J connectivity index is 1.85. The number of para-hydroxylation sites is 1. The monoisotopic (exact) mass is 315 g/mol. The molecule has 1 N–H and O–H groups in total. The highest BCUT2D eigenvalue weighted by atomic mass is 32.2. The highest BCUT2D eigenvalue weighted by molar-refractivity contribution is 7.99. The fourth-order valence-electron chi connectivity index (χ4n) is 1.96. The summed E-state index contributed by atoms with van der Waals surface area (Å²) >= 11 is 1.73. The molecule has 0 heterocycles. The first-order chi connectivity index (χ1) is 10.7. The Labute approximate surface area is 136 Å². The highest BCUT2D eigenvalue weighted by Crippen LogP contribution is 2.19. The van der Waals surface area contributed by atoms with Crippen LogP contribution in [-0.2, 0) is 0 Å². The number of hydrogen-bond acceptors (Lipinski definition) is 3. The number of nitrogens with one attached hydrogen (secondary N) is 1. The van der Waals surface area contributed by atoms with Crippen LogP contribution in [0.15, 0.2) is 59.5 Å². The number of carbonyl (C=O) groups is 1. The van der Waals surface area contributed by atoms with Crippen molar-refractivity contribution in [3.05, 3.63) is 60.2 Å². The molecule has 1 amide bonds. The van der Waals surface area contributed by atoms with E-state index in [0.717, 1.165) is 5.75 Å². The maximum atomic E-state index is 12.3. The molecule has 22 heavy (non-hydrogen) atoms. The zero-order valence-electron chi connectivity index (χ0n) is 12.9. The summed E-state index contributed by atoms with van der Waals surface area (Å²) in [6.07, 6.45) is 0.0441. The van der Waals surface area contributed by atoms with Crippen LogP contribution in [0.4, 0.5) is 0 Å². The van der Waals surface area contributed by atoms with Crippen LogP contribution in [0.2, 0.25) is 0 Å². The van der Waals surface area contributed by atoms with Crippen LogP contribution in [0.25, 0.3) is 0 Å². The summed E-state index contributed by atoms with van der Waals surface area (Å²) in [7, 11) is 0. The van der Waals surface area contributed by atoms with Crippen LogP contribution in [-0.4, -0.2) is 24.3 Å². The Morgan fingerprint density at radius 1 is 1.09 bits per heavy atom. The zero-order valence-corrected chi connectivity index (χ0v) is 13.7. The van der Waals surface area contributed by atoms with Gasteiger partial charge >= 0.3 is 0 Å². The van der Waals surface area contributed by atoms with E-state index in [1.54, 1.807) is 17.8 Å². The van der Waals surface area contributed by atoms with Crippen molar-refractivity contribution >= 4 is 17.7 Å². The summed E-state index contributed by atoms with van der Waals surface area (Å²) in [5.41, 5.74) is 0.584. The van der Waals surface area contributed by atoms with Crippen molar-refractivity contribution in [2.75, 3.05) is 12.3 Å². The van der Waals surface area contributed by atoms with Crippen LogP contribution < -0.4 is 10.1 Å². The number of hydrogen-bond donors (Lipinski definition) is 1. The normalized spacial score (nSPS) is 10.5. The highest BCUT2D eigenvalue weighted by Gasteiger charge is 2.12. The van der Waals surface area contributed by atoms with Gasteiger partial charge in [-0.2, -0.15) is 0 Å². The van der Waals surface area contributed by atoms with Crippen LogP contribution >= 0.6 is 11.8 Å². The molecule has 0 saturated heterocycles. The van der Waals surface area contributed by atoms with E-state index in [2.05, 4.69) is 17.4 Å². The fourth-order valence-corrected chi connectivity index (χ4v) is 2.75. The van der Waals surface area contributed by atoms with Crippen molar-refractivity contribution in [2.24, 2.45) is 0 Å². The molecule has 2 aromatic rings. The summed E-state index contributed by atoms with van der Waals surface area (Å²) in [6.45, 7) is 4.52. The number of thioether (sulfide) groups is 1. The predicted molar refractivity (Wildman–Crippen MR) is 91.7 cm³/mol. The maximum Gasteiger partial charge on any atom is 0.255 e. The summed E-state index contributed by atoms with van der Waals surface area (Å²) < 4.78 is 5.68. The van der Waals surface area contributed by atoms with Crippen molar-refractivity contribution in [3.8, 4) is 5.75 Å². The maximum absolute atomic E-state index is 12.3. The Hall–Kier alpha value is -1.94. The predicted octanol–water partition coefficient (Wildman–Crippen LogP) is 4.00. The lowest BCUT2D eigenvalue weighted by Crippen LogP contribution is -2.26. The molecule has 116 valence electrons. The third kappa shape index (κ3) is 5.11.